The molecule has 4 rings (SSSR count). The normalized spacial score (nSPS) is 14.5. The Balaban J connectivity index is 1.54. The van der Waals surface area contributed by atoms with Crippen molar-refractivity contribution in [2.24, 2.45) is 0 Å². The minimum atomic E-state index is -0.471. The third-order valence-electron chi connectivity index (χ3n) is 5.04. The molecule has 1 saturated heterocycles. The van der Waals surface area contributed by atoms with Crippen LogP contribution in [0.2, 0.25) is 0 Å². The van der Waals surface area contributed by atoms with Crippen LogP contribution in [0.15, 0.2) is 72.4 Å². The molecule has 0 spiro atoms. The molecule has 168 valence electrons. The van der Waals surface area contributed by atoms with Gasteiger partial charge in [-0.15, -0.1) is 0 Å². The van der Waals surface area contributed by atoms with E-state index in [-0.39, 0.29) is 24.7 Å². The van der Waals surface area contributed by atoms with Crippen molar-refractivity contribution < 1.29 is 23.5 Å². The topological polar surface area (TPSA) is 67.9 Å². The Morgan fingerprint density at radius 3 is 2.52 bits per heavy atom. The van der Waals surface area contributed by atoms with Crippen LogP contribution in [0.4, 0.5) is 9.18 Å². The van der Waals surface area contributed by atoms with Gasteiger partial charge in [0.2, 0.25) is 0 Å². The molecule has 0 aliphatic carbocycles. The van der Waals surface area contributed by atoms with Gasteiger partial charge in [0.15, 0.2) is 11.5 Å². The van der Waals surface area contributed by atoms with Gasteiger partial charge in [-0.2, -0.15) is 0 Å². The van der Waals surface area contributed by atoms with Gasteiger partial charge < -0.3 is 14.8 Å². The van der Waals surface area contributed by atoms with Gasteiger partial charge in [-0.05, 0) is 58.0 Å². The van der Waals surface area contributed by atoms with Gasteiger partial charge >= 0.3 is 6.03 Å². The number of urea groups is 1. The number of nitrogens with zero attached hydrogens (tertiary/aromatic N) is 1. The molecule has 6 nitrogen and oxygen atoms in total. The van der Waals surface area contributed by atoms with E-state index in [9.17, 15) is 14.0 Å². The van der Waals surface area contributed by atoms with Crippen molar-refractivity contribution in [2.75, 3.05) is 7.11 Å². The van der Waals surface area contributed by atoms with Gasteiger partial charge in [-0.25, -0.2) is 9.18 Å². The summed E-state index contributed by atoms with van der Waals surface area (Å²) in [6.07, 6.45) is 1.59. The number of benzene rings is 3. The minimum Gasteiger partial charge on any atom is -0.493 e. The van der Waals surface area contributed by atoms with E-state index in [2.05, 4.69) is 27.9 Å². The van der Waals surface area contributed by atoms with Crippen molar-refractivity contribution >= 4 is 40.6 Å². The number of hydrogen-bond acceptors (Lipinski definition) is 4. The number of halogens is 2. The predicted molar refractivity (Wildman–Crippen MR) is 130 cm³/mol. The first-order chi connectivity index (χ1) is 16.0. The molecule has 1 aliphatic rings. The Labute approximate surface area is 204 Å². The molecular weight excluding hydrogens is 538 g/mol. The highest BCUT2D eigenvalue weighted by atomic mass is 127. The van der Waals surface area contributed by atoms with Crippen LogP contribution < -0.4 is 14.8 Å². The van der Waals surface area contributed by atoms with E-state index >= 15 is 0 Å². The van der Waals surface area contributed by atoms with E-state index < -0.39 is 11.9 Å². The lowest BCUT2D eigenvalue weighted by molar-refractivity contribution is -0.123. The van der Waals surface area contributed by atoms with E-state index in [0.29, 0.717) is 26.2 Å². The molecule has 0 saturated carbocycles. The first-order valence-corrected chi connectivity index (χ1v) is 11.2. The molecule has 1 heterocycles. The van der Waals surface area contributed by atoms with Crippen LogP contribution in [0.3, 0.4) is 0 Å². The maximum Gasteiger partial charge on any atom is 0.329 e. The van der Waals surface area contributed by atoms with Gasteiger partial charge in [0.25, 0.3) is 5.91 Å². The molecule has 1 aliphatic heterocycles. The van der Waals surface area contributed by atoms with Crippen LogP contribution in [-0.2, 0) is 17.9 Å². The van der Waals surface area contributed by atoms with E-state index in [1.807, 2.05) is 30.3 Å². The molecule has 1 fully saturated rings. The Morgan fingerprint density at radius 2 is 1.79 bits per heavy atom. The number of ether oxygens (including phenoxy) is 2. The number of nitrogens with one attached hydrogen (secondary N) is 1. The fourth-order valence-corrected chi connectivity index (χ4v) is 4.16. The van der Waals surface area contributed by atoms with E-state index in [0.717, 1.165) is 10.5 Å². The summed E-state index contributed by atoms with van der Waals surface area (Å²) in [5.74, 6) is 0.153. The lowest BCUT2D eigenvalue weighted by Crippen LogP contribution is -2.30. The highest BCUT2D eigenvalue weighted by Crippen LogP contribution is 2.35. The zero-order valence-electron chi connectivity index (χ0n) is 17.7. The molecule has 0 unspecified atom stereocenters. The van der Waals surface area contributed by atoms with Crippen molar-refractivity contribution in [3.8, 4) is 11.5 Å². The standard InChI is InChI=1S/C25H20FIN2O4/c1-32-22-13-17(11-20(27)23(22)33-15-18-9-5-6-10-19(18)26)12-21-24(30)29(25(31)28-21)14-16-7-3-2-4-8-16/h2-13H,14-15H2,1H3,(H,28,31)/b21-12+. The van der Waals surface area contributed by atoms with Crippen LogP contribution in [0, 0.1) is 9.39 Å². The maximum atomic E-state index is 13.9. The first-order valence-electron chi connectivity index (χ1n) is 10.1. The average molecular weight is 558 g/mol. The summed E-state index contributed by atoms with van der Waals surface area (Å²) < 4.78 is 25.9. The van der Waals surface area contributed by atoms with Crippen LogP contribution >= 0.6 is 22.6 Å². The van der Waals surface area contributed by atoms with Crippen LogP contribution in [0.1, 0.15) is 16.7 Å². The number of carbonyl (C=O) groups excluding carboxylic acids is 2. The van der Waals surface area contributed by atoms with Crippen molar-refractivity contribution in [1.82, 2.24) is 10.2 Å². The smallest absolute Gasteiger partial charge is 0.329 e. The van der Waals surface area contributed by atoms with Gasteiger partial charge in [-0.3, -0.25) is 9.69 Å². The number of carbonyl (C=O) groups is 2. The predicted octanol–water partition coefficient (Wildman–Crippen LogP) is 5.11. The van der Waals surface area contributed by atoms with Crippen LogP contribution in [0.5, 0.6) is 11.5 Å². The molecule has 33 heavy (non-hydrogen) atoms. The van der Waals surface area contributed by atoms with E-state index in [1.165, 1.54) is 13.2 Å². The molecular formula is C25H20FIN2O4. The summed E-state index contributed by atoms with van der Waals surface area (Å²) in [5, 5.41) is 2.63. The molecule has 0 bridgehead atoms. The monoisotopic (exact) mass is 558 g/mol. The van der Waals surface area contributed by atoms with Crippen molar-refractivity contribution in [1.29, 1.82) is 0 Å². The zero-order chi connectivity index (χ0) is 23.4. The molecule has 0 atom stereocenters. The second-order valence-electron chi connectivity index (χ2n) is 7.28. The molecule has 0 aromatic heterocycles. The van der Waals surface area contributed by atoms with Crippen molar-refractivity contribution in [2.45, 2.75) is 13.2 Å². The fraction of sp³-hybridized carbons (Fsp3) is 0.120. The third kappa shape index (κ3) is 5.16. The molecule has 1 N–H and O–H groups in total. The fourth-order valence-electron chi connectivity index (χ4n) is 3.38. The highest BCUT2D eigenvalue weighted by Gasteiger charge is 2.33. The largest absolute Gasteiger partial charge is 0.493 e. The van der Waals surface area contributed by atoms with E-state index in [1.54, 1.807) is 36.4 Å². The number of amides is 3. The van der Waals surface area contributed by atoms with Crippen LogP contribution in [0.25, 0.3) is 6.08 Å². The molecule has 0 radical (unpaired) electrons. The highest BCUT2D eigenvalue weighted by molar-refractivity contribution is 14.1. The second-order valence-corrected chi connectivity index (χ2v) is 8.44. The number of hydrogen-bond donors (Lipinski definition) is 1. The minimum absolute atomic E-state index is 0.0441. The van der Waals surface area contributed by atoms with Gasteiger partial charge in [0, 0.05) is 5.56 Å². The number of methoxy groups -OCH3 is 1. The van der Waals surface area contributed by atoms with Gasteiger partial charge in [0.05, 0.1) is 17.2 Å². The Morgan fingerprint density at radius 1 is 1.06 bits per heavy atom. The van der Waals surface area contributed by atoms with E-state index in [4.69, 9.17) is 9.47 Å². The zero-order valence-corrected chi connectivity index (χ0v) is 19.8. The quantitative estimate of drug-likeness (QED) is 0.249. The van der Waals surface area contributed by atoms with Gasteiger partial charge in [0.1, 0.15) is 18.1 Å². The molecule has 3 amide bonds. The summed E-state index contributed by atoms with van der Waals surface area (Å²) in [6, 6.07) is 18.7. The Bertz CT molecular complexity index is 1230. The first kappa shape index (κ1) is 22.8. The summed E-state index contributed by atoms with van der Waals surface area (Å²) in [4.78, 5) is 26.3. The summed E-state index contributed by atoms with van der Waals surface area (Å²) in [7, 11) is 1.50. The van der Waals surface area contributed by atoms with Crippen LogP contribution in [-0.4, -0.2) is 23.9 Å². The Hall–Kier alpha value is -3.40. The molecule has 3 aromatic carbocycles. The third-order valence-corrected chi connectivity index (χ3v) is 5.84. The number of rotatable bonds is 7. The Kier molecular flexibility index (Phi) is 6.93. The summed E-state index contributed by atoms with van der Waals surface area (Å²) >= 11 is 2.09. The van der Waals surface area contributed by atoms with Crippen molar-refractivity contribution in [3.63, 3.8) is 0 Å². The average Bonchev–Trinajstić information content (AvgIpc) is 3.07. The molecule has 8 heteroatoms. The number of imide groups is 1. The molecule has 3 aromatic rings. The van der Waals surface area contributed by atoms with Crippen molar-refractivity contribution in [3.05, 3.63) is 98.5 Å². The summed E-state index contributed by atoms with van der Waals surface area (Å²) in [6.45, 7) is 0.231. The SMILES string of the molecule is COc1cc(/C=C2/NC(=O)N(Cc3ccccc3)C2=O)cc(I)c1OCc1ccccc1F. The lowest BCUT2D eigenvalue weighted by Gasteiger charge is -2.14. The lowest BCUT2D eigenvalue weighted by atomic mass is 10.1. The summed E-state index contributed by atoms with van der Waals surface area (Å²) in [5.41, 5.74) is 2.11. The second kappa shape index (κ2) is 10.0. The van der Waals surface area contributed by atoms with Gasteiger partial charge in [-0.1, -0.05) is 48.5 Å². The maximum absolute atomic E-state index is 13.9.